The molecule has 0 aromatic carbocycles. The molecule has 0 fully saturated rings. The number of aromatic amines is 1. The third kappa shape index (κ3) is 2.79. The lowest BCUT2D eigenvalue weighted by atomic mass is 9.95. The number of alkyl halides is 3. The molecule has 1 unspecified atom stereocenters. The average Bonchev–Trinajstić information content (AvgIpc) is 2.68. The van der Waals surface area contributed by atoms with Gasteiger partial charge in [-0.15, -0.1) is 0 Å². The highest BCUT2D eigenvalue weighted by Crippen LogP contribution is 2.41. The predicted octanol–water partition coefficient (Wildman–Crippen LogP) is 1.72. The van der Waals surface area contributed by atoms with Crippen molar-refractivity contribution in [1.82, 2.24) is 4.98 Å². The maximum absolute atomic E-state index is 12.8. The summed E-state index contributed by atoms with van der Waals surface area (Å²) in [6.07, 6.45) is -4.91. The van der Waals surface area contributed by atoms with Gasteiger partial charge in [0.15, 0.2) is 0 Å². The van der Waals surface area contributed by atoms with E-state index in [2.05, 4.69) is 9.72 Å². The Morgan fingerprint density at radius 2 is 2.18 bits per heavy atom. The fraction of sp³-hybridized carbons (Fsp3) is 0.500. The van der Waals surface area contributed by atoms with E-state index >= 15 is 0 Å². The summed E-state index contributed by atoms with van der Waals surface area (Å²) in [6.45, 7) is 1.43. The Kier molecular flexibility index (Phi) is 3.82. The molecule has 17 heavy (non-hydrogen) atoms. The highest BCUT2D eigenvalue weighted by atomic mass is 19.4. The molecule has 0 saturated carbocycles. The predicted molar refractivity (Wildman–Crippen MR) is 52.0 cm³/mol. The fourth-order valence-electron chi connectivity index (χ4n) is 1.36. The van der Waals surface area contributed by atoms with Crippen LogP contribution >= 0.6 is 0 Å². The first-order chi connectivity index (χ1) is 7.81. The minimum Gasteiger partial charge on any atom is -0.466 e. The lowest BCUT2D eigenvalue weighted by molar-refractivity contribution is -0.270. The molecule has 7 heteroatoms. The molecule has 1 aromatic rings. The van der Waals surface area contributed by atoms with Crippen LogP contribution in [-0.4, -0.2) is 28.8 Å². The highest BCUT2D eigenvalue weighted by Gasteiger charge is 2.57. The Morgan fingerprint density at radius 1 is 1.53 bits per heavy atom. The van der Waals surface area contributed by atoms with Crippen molar-refractivity contribution in [3.63, 3.8) is 0 Å². The summed E-state index contributed by atoms with van der Waals surface area (Å²) >= 11 is 0. The van der Waals surface area contributed by atoms with Crippen LogP contribution in [-0.2, 0) is 15.1 Å². The molecule has 0 saturated heterocycles. The largest absolute Gasteiger partial charge is 0.466 e. The standard InChI is InChI=1S/C10H12F3NO3/c1-2-17-8(15)6-9(16,10(11,12)13)7-4-3-5-14-7/h3-5,14,16H,2,6H2,1H3. The van der Waals surface area contributed by atoms with E-state index in [0.29, 0.717) is 0 Å². The van der Waals surface area contributed by atoms with Crippen LogP contribution < -0.4 is 0 Å². The van der Waals surface area contributed by atoms with Crippen molar-refractivity contribution >= 4 is 5.97 Å². The summed E-state index contributed by atoms with van der Waals surface area (Å²) < 4.78 is 42.8. The van der Waals surface area contributed by atoms with Gasteiger partial charge < -0.3 is 14.8 Å². The van der Waals surface area contributed by atoms with Gasteiger partial charge in [-0.25, -0.2) is 0 Å². The van der Waals surface area contributed by atoms with Crippen LogP contribution in [0.3, 0.4) is 0 Å². The summed E-state index contributed by atoms with van der Waals surface area (Å²) in [5.41, 5.74) is -3.74. The number of esters is 1. The summed E-state index contributed by atoms with van der Waals surface area (Å²) in [6, 6.07) is 2.36. The minimum absolute atomic E-state index is 0.0442. The Balaban J connectivity index is 3.00. The van der Waals surface area contributed by atoms with Crippen molar-refractivity contribution in [3.8, 4) is 0 Å². The summed E-state index contributed by atoms with van der Waals surface area (Å²) in [7, 11) is 0. The normalized spacial score (nSPS) is 15.4. The molecular formula is C10H12F3NO3. The number of rotatable bonds is 4. The Bertz CT molecular complexity index is 375. The van der Waals surface area contributed by atoms with E-state index in [0.717, 1.165) is 6.07 Å². The van der Waals surface area contributed by atoms with Crippen molar-refractivity contribution in [3.05, 3.63) is 24.0 Å². The van der Waals surface area contributed by atoms with Gasteiger partial charge in [-0.1, -0.05) is 0 Å². The summed E-state index contributed by atoms with van der Waals surface area (Å²) in [5.74, 6) is -1.11. The second-order valence-electron chi connectivity index (χ2n) is 3.42. The molecule has 1 aromatic heterocycles. The fourth-order valence-corrected chi connectivity index (χ4v) is 1.36. The molecule has 96 valence electrons. The molecular weight excluding hydrogens is 239 g/mol. The van der Waals surface area contributed by atoms with Crippen LogP contribution in [0, 0.1) is 0 Å². The first kappa shape index (κ1) is 13.6. The molecule has 4 nitrogen and oxygen atoms in total. The van der Waals surface area contributed by atoms with Crippen molar-refractivity contribution in [2.45, 2.75) is 25.1 Å². The molecule has 1 atom stereocenters. The Hall–Kier alpha value is -1.50. The number of hydrogen-bond acceptors (Lipinski definition) is 3. The maximum atomic E-state index is 12.8. The van der Waals surface area contributed by atoms with Crippen LogP contribution in [0.1, 0.15) is 19.0 Å². The van der Waals surface area contributed by atoms with E-state index in [1.165, 1.54) is 19.2 Å². The molecule has 0 aliphatic rings. The zero-order valence-corrected chi connectivity index (χ0v) is 9.04. The molecule has 1 rings (SSSR count). The smallest absolute Gasteiger partial charge is 0.423 e. The first-order valence-electron chi connectivity index (χ1n) is 4.90. The van der Waals surface area contributed by atoms with Gasteiger partial charge >= 0.3 is 12.1 Å². The third-order valence-corrected chi connectivity index (χ3v) is 2.22. The minimum atomic E-state index is -4.97. The van der Waals surface area contributed by atoms with Crippen molar-refractivity contribution in [2.24, 2.45) is 0 Å². The summed E-state index contributed by atoms with van der Waals surface area (Å²) in [4.78, 5) is 13.4. The van der Waals surface area contributed by atoms with E-state index in [4.69, 9.17) is 0 Å². The number of ether oxygens (including phenoxy) is 1. The van der Waals surface area contributed by atoms with Crippen LogP contribution in [0.15, 0.2) is 18.3 Å². The SMILES string of the molecule is CCOC(=O)CC(O)(c1ccc[nH]1)C(F)(F)F. The topological polar surface area (TPSA) is 62.3 Å². The Morgan fingerprint density at radius 3 is 2.59 bits per heavy atom. The van der Waals surface area contributed by atoms with Crippen LogP contribution in [0.2, 0.25) is 0 Å². The van der Waals surface area contributed by atoms with E-state index in [9.17, 15) is 23.1 Å². The van der Waals surface area contributed by atoms with Gasteiger partial charge in [-0.2, -0.15) is 13.2 Å². The van der Waals surface area contributed by atoms with Gasteiger partial charge in [-0.3, -0.25) is 4.79 Å². The molecule has 0 amide bonds. The van der Waals surface area contributed by atoms with Crippen LogP contribution in [0.25, 0.3) is 0 Å². The number of aromatic nitrogens is 1. The number of carbonyl (C=O) groups is 1. The number of H-pyrrole nitrogens is 1. The monoisotopic (exact) mass is 251 g/mol. The molecule has 0 aliphatic carbocycles. The Labute approximate surface area is 95.4 Å². The summed E-state index contributed by atoms with van der Waals surface area (Å²) in [5, 5.41) is 9.65. The maximum Gasteiger partial charge on any atom is 0.423 e. The van der Waals surface area contributed by atoms with E-state index in [1.807, 2.05) is 0 Å². The lowest BCUT2D eigenvalue weighted by Gasteiger charge is -2.28. The van der Waals surface area contributed by atoms with Crippen LogP contribution in [0.5, 0.6) is 0 Å². The second-order valence-corrected chi connectivity index (χ2v) is 3.42. The van der Waals surface area contributed by atoms with E-state index in [1.54, 1.807) is 0 Å². The molecule has 0 aliphatic heterocycles. The van der Waals surface area contributed by atoms with Crippen molar-refractivity contribution in [1.29, 1.82) is 0 Å². The zero-order chi connectivity index (χ0) is 13.1. The number of aliphatic hydroxyl groups is 1. The van der Waals surface area contributed by atoms with Gasteiger partial charge in [0, 0.05) is 6.20 Å². The van der Waals surface area contributed by atoms with E-state index in [-0.39, 0.29) is 6.61 Å². The van der Waals surface area contributed by atoms with Crippen molar-refractivity contribution in [2.75, 3.05) is 6.61 Å². The molecule has 0 radical (unpaired) electrons. The molecule has 1 heterocycles. The first-order valence-corrected chi connectivity index (χ1v) is 4.90. The van der Waals surface area contributed by atoms with Gasteiger partial charge in [0.2, 0.25) is 5.60 Å². The highest BCUT2D eigenvalue weighted by molar-refractivity contribution is 5.71. The number of hydrogen-bond donors (Lipinski definition) is 2. The van der Waals surface area contributed by atoms with Gasteiger partial charge in [0.05, 0.1) is 18.7 Å². The van der Waals surface area contributed by atoms with Gasteiger partial charge in [0.1, 0.15) is 0 Å². The number of halogens is 3. The van der Waals surface area contributed by atoms with Crippen molar-refractivity contribution < 1.29 is 27.8 Å². The quantitative estimate of drug-likeness (QED) is 0.801. The number of carbonyl (C=O) groups excluding carboxylic acids is 1. The van der Waals surface area contributed by atoms with E-state index < -0.39 is 29.9 Å². The molecule has 2 N–H and O–H groups in total. The zero-order valence-electron chi connectivity index (χ0n) is 9.04. The number of nitrogens with one attached hydrogen (secondary N) is 1. The van der Waals surface area contributed by atoms with Gasteiger partial charge in [-0.05, 0) is 19.1 Å². The average molecular weight is 251 g/mol. The van der Waals surface area contributed by atoms with Crippen LogP contribution in [0.4, 0.5) is 13.2 Å². The lowest BCUT2D eigenvalue weighted by Crippen LogP contribution is -2.44. The second kappa shape index (κ2) is 4.79. The van der Waals surface area contributed by atoms with Gasteiger partial charge in [0.25, 0.3) is 0 Å². The molecule has 0 bridgehead atoms. The third-order valence-electron chi connectivity index (χ3n) is 2.22. The molecule has 0 spiro atoms.